The topological polar surface area (TPSA) is 53.4 Å². The summed E-state index contributed by atoms with van der Waals surface area (Å²) in [6.45, 7) is 6.27. The fourth-order valence-electron chi connectivity index (χ4n) is 2.01. The first-order chi connectivity index (χ1) is 10.1. The molecule has 1 saturated heterocycles. The van der Waals surface area contributed by atoms with Crippen molar-refractivity contribution in [2.24, 2.45) is 0 Å². The number of carbonyl (C=O) groups is 1. The van der Waals surface area contributed by atoms with E-state index < -0.39 is 0 Å². The molecule has 4 nitrogen and oxygen atoms in total. The van der Waals surface area contributed by atoms with Crippen molar-refractivity contribution < 1.29 is 9.53 Å². The van der Waals surface area contributed by atoms with Crippen LogP contribution in [0.1, 0.15) is 55.5 Å². The van der Waals surface area contributed by atoms with Crippen LogP contribution >= 0.6 is 0 Å². The highest BCUT2D eigenvalue weighted by Gasteiger charge is 2.16. The Labute approximate surface area is 127 Å². The van der Waals surface area contributed by atoms with Gasteiger partial charge in [0.05, 0.1) is 12.7 Å². The smallest absolute Gasteiger partial charge is 0.337 e. The van der Waals surface area contributed by atoms with Gasteiger partial charge in [-0.25, -0.2) is 4.79 Å². The van der Waals surface area contributed by atoms with Gasteiger partial charge in [-0.1, -0.05) is 38.8 Å². The van der Waals surface area contributed by atoms with E-state index in [2.05, 4.69) is 23.5 Å². The van der Waals surface area contributed by atoms with E-state index in [1.165, 1.54) is 20.0 Å². The molecular formula is C17H26N2O2. The van der Waals surface area contributed by atoms with Gasteiger partial charge in [-0.2, -0.15) is 0 Å². The molecule has 0 unspecified atom stereocenters. The second-order valence-electron chi connectivity index (χ2n) is 5.11. The van der Waals surface area contributed by atoms with Gasteiger partial charge in [-0.15, -0.1) is 0 Å². The minimum absolute atomic E-state index is 0.343. The van der Waals surface area contributed by atoms with Crippen LogP contribution in [0.4, 0.5) is 0 Å². The zero-order chi connectivity index (χ0) is 15.7. The van der Waals surface area contributed by atoms with Gasteiger partial charge in [0.15, 0.2) is 0 Å². The highest BCUT2D eigenvalue weighted by molar-refractivity contribution is 5.97. The van der Waals surface area contributed by atoms with Crippen LogP contribution in [0.2, 0.25) is 0 Å². The van der Waals surface area contributed by atoms with Crippen molar-refractivity contribution in [3.63, 3.8) is 0 Å². The minimum atomic E-state index is -0.343. The first-order valence-corrected chi connectivity index (χ1v) is 7.66. The number of ether oxygens (including phenoxy) is 1. The summed E-state index contributed by atoms with van der Waals surface area (Å²) in [6, 6.07) is 7.00. The van der Waals surface area contributed by atoms with Crippen LogP contribution in [-0.4, -0.2) is 36.9 Å². The monoisotopic (exact) mass is 290 g/mol. The fourth-order valence-corrected chi connectivity index (χ4v) is 2.01. The molecule has 1 aliphatic heterocycles. The van der Waals surface area contributed by atoms with Gasteiger partial charge in [0.1, 0.15) is 5.84 Å². The number of amidine groups is 1. The van der Waals surface area contributed by atoms with Crippen molar-refractivity contribution in [3.8, 4) is 0 Å². The summed E-state index contributed by atoms with van der Waals surface area (Å²) in [5.41, 5.74) is 1.37. The average molecular weight is 290 g/mol. The third-order valence-electron chi connectivity index (χ3n) is 3.50. The Kier molecular flexibility index (Phi) is 7.51. The first-order valence-electron chi connectivity index (χ1n) is 7.66. The summed E-state index contributed by atoms with van der Waals surface area (Å²) in [7, 11) is 1.36. The van der Waals surface area contributed by atoms with Crippen LogP contribution in [0, 0.1) is 5.41 Å². The summed E-state index contributed by atoms with van der Waals surface area (Å²) in [4.78, 5) is 13.3. The van der Waals surface area contributed by atoms with Crippen LogP contribution in [0.15, 0.2) is 24.3 Å². The van der Waals surface area contributed by atoms with Crippen molar-refractivity contribution in [1.29, 1.82) is 5.41 Å². The van der Waals surface area contributed by atoms with E-state index in [1.807, 2.05) is 0 Å². The number of rotatable bonds is 3. The molecule has 1 heterocycles. The van der Waals surface area contributed by atoms with E-state index in [0.717, 1.165) is 31.5 Å². The summed E-state index contributed by atoms with van der Waals surface area (Å²) >= 11 is 0. The number of unbranched alkanes of at least 4 members (excludes halogenated alkanes) is 1. The molecule has 1 aliphatic rings. The standard InChI is InChI=1S/C13H16N2O2.C4H10/c1-17-13(16)11-6-4-10(5-7-11)12(14)15-8-2-3-9-15;1-3-4-2/h4-7,14H,2-3,8-9H2,1H3;3-4H2,1-2H3. The lowest BCUT2D eigenvalue weighted by Crippen LogP contribution is -2.27. The Hall–Kier alpha value is -1.84. The van der Waals surface area contributed by atoms with E-state index in [9.17, 15) is 4.79 Å². The maximum absolute atomic E-state index is 11.3. The Morgan fingerprint density at radius 1 is 1.10 bits per heavy atom. The Balaban J connectivity index is 0.000000491. The molecule has 21 heavy (non-hydrogen) atoms. The van der Waals surface area contributed by atoms with Gasteiger partial charge in [0, 0.05) is 18.7 Å². The van der Waals surface area contributed by atoms with Crippen molar-refractivity contribution >= 4 is 11.8 Å². The number of hydrogen-bond acceptors (Lipinski definition) is 3. The zero-order valence-corrected chi connectivity index (χ0v) is 13.3. The fraction of sp³-hybridized carbons (Fsp3) is 0.529. The van der Waals surface area contributed by atoms with Crippen LogP contribution in [0.5, 0.6) is 0 Å². The molecule has 0 aliphatic carbocycles. The van der Waals surface area contributed by atoms with Crippen LogP contribution < -0.4 is 0 Å². The van der Waals surface area contributed by atoms with E-state index in [4.69, 9.17) is 5.41 Å². The lowest BCUT2D eigenvalue weighted by molar-refractivity contribution is 0.0600. The second-order valence-corrected chi connectivity index (χ2v) is 5.11. The molecule has 0 aromatic heterocycles. The molecule has 0 amide bonds. The van der Waals surface area contributed by atoms with Crippen molar-refractivity contribution in [3.05, 3.63) is 35.4 Å². The summed E-state index contributed by atoms with van der Waals surface area (Å²) in [6.07, 6.45) is 4.95. The van der Waals surface area contributed by atoms with Crippen LogP contribution in [0.3, 0.4) is 0 Å². The SMILES string of the molecule is CCCC.COC(=O)c1ccc(C(=N)N2CCCC2)cc1. The molecule has 1 fully saturated rings. The van der Waals surface area contributed by atoms with Gasteiger partial charge in [0.2, 0.25) is 0 Å². The van der Waals surface area contributed by atoms with Gasteiger partial charge >= 0.3 is 5.97 Å². The number of nitrogens with one attached hydrogen (secondary N) is 1. The molecule has 0 bridgehead atoms. The molecule has 1 aromatic carbocycles. The predicted molar refractivity (Wildman–Crippen MR) is 86.0 cm³/mol. The number of benzene rings is 1. The van der Waals surface area contributed by atoms with Gasteiger partial charge in [0.25, 0.3) is 0 Å². The van der Waals surface area contributed by atoms with Crippen molar-refractivity contribution in [1.82, 2.24) is 4.90 Å². The predicted octanol–water partition coefficient (Wildman–Crippen LogP) is 3.70. The summed E-state index contributed by atoms with van der Waals surface area (Å²) in [5, 5.41) is 8.06. The molecule has 116 valence electrons. The molecule has 0 radical (unpaired) electrons. The lowest BCUT2D eigenvalue weighted by Gasteiger charge is -2.18. The summed E-state index contributed by atoms with van der Waals surface area (Å²) in [5.74, 6) is 0.197. The first kappa shape index (κ1) is 17.2. The largest absolute Gasteiger partial charge is 0.465 e. The average Bonchev–Trinajstić information content (AvgIpc) is 3.08. The van der Waals surface area contributed by atoms with E-state index in [-0.39, 0.29) is 5.97 Å². The highest BCUT2D eigenvalue weighted by Crippen LogP contribution is 2.13. The molecule has 0 saturated carbocycles. The molecule has 1 aromatic rings. The molecule has 2 rings (SSSR count). The van der Waals surface area contributed by atoms with Gasteiger partial charge < -0.3 is 9.64 Å². The zero-order valence-electron chi connectivity index (χ0n) is 13.3. The van der Waals surface area contributed by atoms with Crippen molar-refractivity contribution in [2.45, 2.75) is 39.5 Å². The maximum atomic E-state index is 11.3. The van der Waals surface area contributed by atoms with E-state index in [0.29, 0.717) is 11.4 Å². The molecule has 0 spiro atoms. The molecule has 1 N–H and O–H groups in total. The normalized spacial score (nSPS) is 13.4. The molecular weight excluding hydrogens is 264 g/mol. The number of methoxy groups -OCH3 is 1. The third-order valence-corrected chi connectivity index (χ3v) is 3.50. The van der Waals surface area contributed by atoms with Gasteiger partial charge in [-0.05, 0) is 25.0 Å². The van der Waals surface area contributed by atoms with Crippen molar-refractivity contribution in [2.75, 3.05) is 20.2 Å². The Bertz CT molecular complexity index is 446. The Morgan fingerprint density at radius 2 is 1.57 bits per heavy atom. The number of esters is 1. The quantitative estimate of drug-likeness (QED) is 0.524. The maximum Gasteiger partial charge on any atom is 0.337 e. The summed E-state index contributed by atoms with van der Waals surface area (Å²) < 4.78 is 4.63. The number of hydrogen-bond donors (Lipinski definition) is 1. The highest BCUT2D eigenvalue weighted by atomic mass is 16.5. The number of carbonyl (C=O) groups excluding carboxylic acids is 1. The van der Waals surface area contributed by atoms with E-state index in [1.54, 1.807) is 24.3 Å². The second kappa shape index (κ2) is 9.16. The van der Waals surface area contributed by atoms with Crippen LogP contribution in [-0.2, 0) is 4.74 Å². The minimum Gasteiger partial charge on any atom is -0.465 e. The van der Waals surface area contributed by atoms with Gasteiger partial charge in [-0.3, -0.25) is 5.41 Å². The lowest BCUT2D eigenvalue weighted by atomic mass is 10.1. The van der Waals surface area contributed by atoms with E-state index >= 15 is 0 Å². The number of likely N-dealkylation sites (tertiary alicyclic amines) is 1. The molecule has 4 heteroatoms. The van der Waals surface area contributed by atoms with Crippen LogP contribution in [0.25, 0.3) is 0 Å². The molecule has 0 atom stereocenters. The third kappa shape index (κ3) is 5.21. The Morgan fingerprint density at radius 3 is 2.00 bits per heavy atom. The number of nitrogens with zero attached hydrogens (tertiary/aromatic N) is 1.